The lowest BCUT2D eigenvalue weighted by atomic mass is 9.71. The Bertz CT molecular complexity index is 917. The Hall–Kier alpha value is -2.63. The van der Waals surface area contributed by atoms with Crippen LogP contribution in [0.1, 0.15) is 41.3 Å². The summed E-state index contributed by atoms with van der Waals surface area (Å²) < 4.78 is 27.9. The molecule has 6 heteroatoms. The first-order valence-electron chi connectivity index (χ1n) is 8.16. The number of rotatable bonds is 1. The third kappa shape index (κ3) is 2.13. The lowest BCUT2D eigenvalue weighted by molar-refractivity contribution is -0.122. The van der Waals surface area contributed by atoms with Crippen molar-refractivity contribution in [3.63, 3.8) is 0 Å². The van der Waals surface area contributed by atoms with Crippen LogP contribution in [0.4, 0.5) is 8.78 Å². The molecule has 0 saturated carbocycles. The number of benzene rings is 1. The molecule has 1 N–H and O–H groups in total. The minimum Gasteiger partial charge on any atom is -0.373 e. The van der Waals surface area contributed by atoms with Gasteiger partial charge in [0.1, 0.15) is 11.3 Å². The summed E-state index contributed by atoms with van der Waals surface area (Å²) in [6.45, 7) is 0.864. The van der Waals surface area contributed by atoms with Gasteiger partial charge in [0, 0.05) is 37.0 Å². The van der Waals surface area contributed by atoms with Crippen LogP contribution in [0.25, 0.3) is 0 Å². The number of amides is 1. The molecule has 0 bridgehead atoms. The van der Waals surface area contributed by atoms with Crippen molar-refractivity contribution in [2.45, 2.75) is 31.1 Å². The van der Waals surface area contributed by atoms with Gasteiger partial charge in [-0.2, -0.15) is 4.99 Å². The van der Waals surface area contributed by atoms with Crippen LogP contribution in [-0.4, -0.2) is 23.8 Å². The minimum atomic E-state index is -2.98. The summed E-state index contributed by atoms with van der Waals surface area (Å²) in [6.07, 6.45) is 2.80. The van der Waals surface area contributed by atoms with Crippen molar-refractivity contribution in [3.8, 4) is 0 Å². The van der Waals surface area contributed by atoms with Crippen molar-refractivity contribution in [2.24, 2.45) is 4.99 Å². The van der Waals surface area contributed by atoms with E-state index in [9.17, 15) is 13.6 Å². The SMILES string of the molecule is CNC1=NC(=O)[C@]2(CCc3ncccc32)c2cc(C(C)(F)F)ccc21. The summed E-state index contributed by atoms with van der Waals surface area (Å²) in [6, 6.07) is 8.11. The highest BCUT2D eigenvalue weighted by atomic mass is 19.3. The fraction of sp³-hybridized carbons (Fsp3) is 0.316. The maximum Gasteiger partial charge on any atom is 0.270 e. The molecule has 0 radical (unpaired) electrons. The zero-order valence-electron chi connectivity index (χ0n) is 13.9. The number of pyridine rings is 1. The number of aliphatic imine (C=N–C) groups is 1. The number of amidine groups is 1. The summed E-state index contributed by atoms with van der Waals surface area (Å²) in [5, 5.41) is 2.91. The third-order valence-corrected chi connectivity index (χ3v) is 5.14. The highest BCUT2D eigenvalue weighted by molar-refractivity contribution is 6.14. The molecule has 4 rings (SSSR count). The van der Waals surface area contributed by atoms with Gasteiger partial charge in [0.25, 0.3) is 11.8 Å². The molecule has 2 aliphatic rings. The summed E-state index contributed by atoms with van der Waals surface area (Å²) >= 11 is 0. The van der Waals surface area contributed by atoms with E-state index in [4.69, 9.17) is 0 Å². The molecule has 0 saturated heterocycles. The first-order chi connectivity index (χ1) is 11.9. The van der Waals surface area contributed by atoms with Crippen molar-refractivity contribution in [2.75, 3.05) is 7.05 Å². The fourth-order valence-corrected chi connectivity index (χ4v) is 3.91. The van der Waals surface area contributed by atoms with Crippen LogP contribution in [0.2, 0.25) is 0 Å². The van der Waals surface area contributed by atoms with E-state index in [-0.39, 0.29) is 11.5 Å². The van der Waals surface area contributed by atoms with E-state index in [0.29, 0.717) is 29.8 Å². The minimum absolute atomic E-state index is 0.104. The molecule has 4 nitrogen and oxygen atoms in total. The monoisotopic (exact) mass is 341 g/mol. The van der Waals surface area contributed by atoms with E-state index in [1.165, 1.54) is 12.1 Å². The van der Waals surface area contributed by atoms with E-state index in [1.54, 1.807) is 25.4 Å². The molecule has 1 spiro atoms. The van der Waals surface area contributed by atoms with Crippen molar-refractivity contribution in [3.05, 3.63) is 64.5 Å². The van der Waals surface area contributed by atoms with Gasteiger partial charge >= 0.3 is 0 Å². The summed E-state index contributed by atoms with van der Waals surface area (Å²) in [5.74, 6) is -2.90. The Morgan fingerprint density at radius 3 is 2.76 bits per heavy atom. The Morgan fingerprint density at radius 1 is 1.24 bits per heavy atom. The molecule has 25 heavy (non-hydrogen) atoms. The second-order valence-electron chi connectivity index (χ2n) is 6.57. The van der Waals surface area contributed by atoms with Gasteiger partial charge in [-0.1, -0.05) is 18.2 Å². The molecule has 2 aromatic rings. The number of aryl methyl sites for hydroxylation is 1. The second-order valence-corrected chi connectivity index (χ2v) is 6.57. The third-order valence-electron chi connectivity index (χ3n) is 5.14. The van der Waals surface area contributed by atoms with Gasteiger partial charge in [0.15, 0.2) is 0 Å². The smallest absolute Gasteiger partial charge is 0.270 e. The Labute approximate surface area is 144 Å². The molecule has 1 aromatic carbocycles. The molecule has 1 atom stereocenters. The second kappa shape index (κ2) is 5.18. The predicted octanol–water partition coefficient (Wildman–Crippen LogP) is 2.93. The normalized spacial score (nSPS) is 21.8. The molecule has 1 amide bonds. The van der Waals surface area contributed by atoms with E-state index >= 15 is 0 Å². The van der Waals surface area contributed by atoms with Crippen LogP contribution < -0.4 is 5.32 Å². The average Bonchev–Trinajstić information content (AvgIpc) is 2.98. The van der Waals surface area contributed by atoms with E-state index < -0.39 is 11.3 Å². The van der Waals surface area contributed by atoms with Crippen LogP contribution in [-0.2, 0) is 22.6 Å². The Morgan fingerprint density at radius 2 is 2.04 bits per heavy atom. The van der Waals surface area contributed by atoms with Gasteiger partial charge in [-0.3, -0.25) is 9.78 Å². The molecule has 1 aromatic heterocycles. The average molecular weight is 341 g/mol. The van der Waals surface area contributed by atoms with Gasteiger partial charge in [-0.05, 0) is 36.1 Å². The molecular formula is C19H17F2N3O. The van der Waals surface area contributed by atoms with Gasteiger partial charge in [-0.15, -0.1) is 0 Å². The topological polar surface area (TPSA) is 54.4 Å². The number of aromatic nitrogens is 1. The van der Waals surface area contributed by atoms with Gasteiger partial charge in [0.2, 0.25) is 0 Å². The molecule has 0 fully saturated rings. The van der Waals surface area contributed by atoms with Crippen LogP contribution in [0.3, 0.4) is 0 Å². The van der Waals surface area contributed by atoms with Crippen molar-refractivity contribution >= 4 is 11.7 Å². The number of carbonyl (C=O) groups is 1. The van der Waals surface area contributed by atoms with Crippen molar-refractivity contribution in [1.82, 2.24) is 10.3 Å². The van der Waals surface area contributed by atoms with E-state index in [2.05, 4.69) is 15.3 Å². The lowest BCUT2D eigenvalue weighted by Crippen LogP contribution is -2.42. The predicted molar refractivity (Wildman–Crippen MR) is 90.0 cm³/mol. The number of halogens is 2. The zero-order valence-corrected chi connectivity index (χ0v) is 13.9. The van der Waals surface area contributed by atoms with Crippen molar-refractivity contribution in [1.29, 1.82) is 0 Å². The first kappa shape index (κ1) is 15.9. The largest absolute Gasteiger partial charge is 0.373 e. The fourth-order valence-electron chi connectivity index (χ4n) is 3.91. The highest BCUT2D eigenvalue weighted by Crippen LogP contribution is 2.48. The van der Waals surface area contributed by atoms with Gasteiger partial charge in [-0.25, -0.2) is 8.78 Å². The lowest BCUT2D eigenvalue weighted by Gasteiger charge is -2.34. The van der Waals surface area contributed by atoms with Crippen molar-refractivity contribution < 1.29 is 13.6 Å². The number of nitrogens with one attached hydrogen (secondary N) is 1. The number of alkyl halides is 2. The number of hydrogen-bond donors (Lipinski definition) is 1. The molecule has 2 heterocycles. The summed E-state index contributed by atoms with van der Waals surface area (Å²) in [7, 11) is 1.67. The number of carbonyl (C=O) groups excluding carboxylic acids is 1. The zero-order chi connectivity index (χ0) is 17.8. The maximum atomic E-state index is 13.9. The number of nitrogens with zero attached hydrogens (tertiary/aromatic N) is 2. The molecular weight excluding hydrogens is 324 g/mol. The van der Waals surface area contributed by atoms with Crippen LogP contribution in [0.15, 0.2) is 41.5 Å². The first-order valence-corrected chi connectivity index (χ1v) is 8.16. The molecule has 128 valence electrons. The quantitative estimate of drug-likeness (QED) is 0.868. The van der Waals surface area contributed by atoms with E-state index in [0.717, 1.165) is 18.2 Å². The van der Waals surface area contributed by atoms with E-state index in [1.807, 2.05) is 6.07 Å². The van der Waals surface area contributed by atoms with Crippen LogP contribution in [0.5, 0.6) is 0 Å². The number of hydrogen-bond acceptors (Lipinski definition) is 3. The van der Waals surface area contributed by atoms with Crippen LogP contribution >= 0.6 is 0 Å². The standard InChI is InChI=1S/C19H17F2N3O/c1-18(20,21)11-5-6-12-14(10-11)19(17(25)24-16(12)22-2)8-7-15-13(19)4-3-9-23-15/h3-6,9-10H,7-8H2,1-2H3,(H,22,24,25)/t19-/m0/s1. The molecule has 1 aliphatic heterocycles. The maximum absolute atomic E-state index is 13.9. The summed E-state index contributed by atoms with van der Waals surface area (Å²) in [5.41, 5.74) is 1.75. The van der Waals surface area contributed by atoms with Crippen LogP contribution in [0, 0.1) is 0 Å². The Kier molecular flexibility index (Phi) is 3.29. The highest BCUT2D eigenvalue weighted by Gasteiger charge is 2.51. The van der Waals surface area contributed by atoms with Gasteiger partial charge < -0.3 is 5.32 Å². The molecule has 0 unspecified atom stereocenters. The Balaban J connectivity index is 2.04. The summed E-state index contributed by atoms with van der Waals surface area (Å²) in [4.78, 5) is 21.6. The molecule has 1 aliphatic carbocycles. The number of fused-ring (bicyclic) bond motifs is 4. The van der Waals surface area contributed by atoms with Gasteiger partial charge in [0.05, 0.1) is 0 Å².